The van der Waals surface area contributed by atoms with Gasteiger partial charge < -0.3 is 10.2 Å². The van der Waals surface area contributed by atoms with Crippen molar-refractivity contribution in [3.05, 3.63) is 25.3 Å². The molecule has 90 valence electrons. The summed E-state index contributed by atoms with van der Waals surface area (Å²) in [5.41, 5.74) is -2.71. The molecule has 0 bridgehead atoms. The summed E-state index contributed by atoms with van der Waals surface area (Å²) in [6.45, 7) is 6.00. The van der Waals surface area contributed by atoms with Crippen LogP contribution in [-0.2, 0) is 9.59 Å². The van der Waals surface area contributed by atoms with E-state index < -0.39 is 36.1 Å². The summed E-state index contributed by atoms with van der Waals surface area (Å²) in [4.78, 5) is 21.4. The Morgan fingerprint density at radius 1 is 1.19 bits per heavy atom. The molecular weight excluding hydrogens is 222 g/mol. The summed E-state index contributed by atoms with van der Waals surface area (Å²) in [7, 11) is 0. The highest BCUT2D eigenvalue weighted by Gasteiger charge is 2.53. The lowest BCUT2D eigenvalue weighted by atomic mass is 9.75. The van der Waals surface area contributed by atoms with Gasteiger partial charge in [-0.05, 0) is 0 Å². The number of aliphatic carboxylic acids is 2. The normalized spacial score (nSPS) is 17.9. The average molecular weight is 234 g/mol. The van der Waals surface area contributed by atoms with Crippen molar-refractivity contribution in [3.63, 3.8) is 0 Å². The summed E-state index contributed by atoms with van der Waals surface area (Å²) in [5.74, 6) is -3.49. The molecule has 16 heavy (non-hydrogen) atoms. The van der Waals surface area contributed by atoms with Gasteiger partial charge in [0.2, 0.25) is 0 Å². The average Bonchev–Trinajstić information content (AvgIpc) is 2.22. The zero-order valence-electron chi connectivity index (χ0n) is 8.40. The van der Waals surface area contributed by atoms with Crippen molar-refractivity contribution in [3.8, 4) is 0 Å². The summed E-state index contributed by atoms with van der Waals surface area (Å²) >= 11 is 0. The largest absolute Gasteiger partial charge is 0.481 e. The van der Waals surface area contributed by atoms with Crippen LogP contribution in [-0.4, -0.2) is 34.5 Å². The van der Waals surface area contributed by atoms with Gasteiger partial charge in [0.05, 0.1) is 6.42 Å². The van der Waals surface area contributed by atoms with Gasteiger partial charge in [0, 0.05) is 0 Å². The molecule has 0 aromatic heterocycles. The van der Waals surface area contributed by atoms with Gasteiger partial charge in [-0.25, -0.2) is 8.78 Å². The first-order valence-electron chi connectivity index (χ1n) is 4.31. The molecule has 2 N–H and O–H groups in total. The Morgan fingerprint density at radius 3 is 1.75 bits per heavy atom. The Balaban J connectivity index is 5.55. The van der Waals surface area contributed by atoms with Crippen molar-refractivity contribution in [1.82, 2.24) is 0 Å². The van der Waals surface area contributed by atoms with E-state index in [4.69, 9.17) is 10.2 Å². The molecule has 0 aliphatic heterocycles. The van der Waals surface area contributed by atoms with Gasteiger partial charge in [-0.15, -0.1) is 13.2 Å². The third-order valence-electron chi connectivity index (χ3n) is 2.24. The molecule has 0 aliphatic rings. The molecule has 0 aliphatic carbocycles. The second kappa shape index (κ2) is 5.39. The minimum absolute atomic E-state index is 0.563. The molecule has 0 radical (unpaired) electrons. The Kier molecular flexibility index (Phi) is 4.81. The van der Waals surface area contributed by atoms with E-state index in [0.29, 0.717) is 12.2 Å². The number of carbonyl (C=O) groups is 2. The Bertz CT molecular complexity index is 300. The molecule has 0 spiro atoms. The van der Waals surface area contributed by atoms with Crippen LogP contribution in [0.1, 0.15) is 6.42 Å². The topological polar surface area (TPSA) is 74.6 Å². The van der Waals surface area contributed by atoms with Crippen LogP contribution in [0.15, 0.2) is 25.3 Å². The third-order valence-corrected chi connectivity index (χ3v) is 2.24. The van der Waals surface area contributed by atoms with Gasteiger partial charge >= 0.3 is 11.9 Å². The minimum Gasteiger partial charge on any atom is -0.481 e. The second-order valence-electron chi connectivity index (χ2n) is 3.19. The van der Waals surface area contributed by atoms with E-state index in [9.17, 15) is 18.4 Å². The predicted molar refractivity (Wildman–Crippen MR) is 52.5 cm³/mol. The molecule has 4 nitrogen and oxygen atoms in total. The maximum atomic E-state index is 13.5. The predicted octanol–water partition coefficient (Wildman–Crippen LogP) is 1.58. The number of halogens is 2. The maximum absolute atomic E-state index is 13.5. The minimum atomic E-state index is -2.71. The molecule has 0 fully saturated rings. The fourth-order valence-electron chi connectivity index (χ4n) is 1.33. The Labute approximate surface area is 90.9 Å². The van der Waals surface area contributed by atoms with Crippen LogP contribution in [0.5, 0.6) is 0 Å². The fraction of sp³-hybridized carbons (Fsp3) is 0.400. The molecule has 0 aromatic carbocycles. The molecule has 0 aromatic rings. The van der Waals surface area contributed by atoms with Crippen LogP contribution in [0.4, 0.5) is 8.78 Å². The van der Waals surface area contributed by atoms with E-state index in [1.54, 1.807) is 0 Å². The van der Waals surface area contributed by atoms with Gasteiger partial charge in [0.1, 0.15) is 17.8 Å². The van der Waals surface area contributed by atoms with Crippen LogP contribution in [0.25, 0.3) is 0 Å². The van der Waals surface area contributed by atoms with E-state index in [-0.39, 0.29) is 0 Å². The van der Waals surface area contributed by atoms with Crippen LogP contribution >= 0.6 is 0 Å². The van der Waals surface area contributed by atoms with Gasteiger partial charge in [0.25, 0.3) is 0 Å². The Hall–Kier alpha value is -1.72. The summed E-state index contributed by atoms with van der Waals surface area (Å²) in [6, 6.07) is 0. The van der Waals surface area contributed by atoms with Gasteiger partial charge in [0.15, 0.2) is 0 Å². The molecular formula is C10H12F2O4. The third kappa shape index (κ3) is 2.44. The van der Waals surface area contributed by atoms with Crippen molar-refractivity contribution < 1.29 is 28.6 Å². The summed E-state index contributed by atoms with van der Waals surface area (Å²) in [6.07, 6.45) is -4.72. The maximum Gasteiger partial charge on any atom is 0.316 e. The number of rotatable bonds is 7. The number of hydrogen-bond acceptors (Lipinski definition) is 2. The number of alkyl halides is 2. The molecule has 0 saturated heterocycles. The van der Waals surface area contributed by atoms with Crippen molar-refractivity contribution in [1.29, 1.82) is 0 Å². The second-order valence-corrected chi connectivity index (χ2v) is 3.19. The lowest BCUT2D eigenvalue weighted by Crippen LogP contribution is -2.48. The van der Waals surface area contributed by atoms with Gasteiger partial charge in [-0.2, -0.15) is 0 Å². The van der Waals surface area contributed by atoms with Crippen LogP contribution < -0.4 is 0 Å². The number of carboxylic acids is 2. The van der Waals surface area contributed by atoms with Crippen LogP contribution in [0.3, 0.4) is 0 Å². The van der Waals surface area contributed by atoms with Crippen molar-refractivity contribution >= 4 is 11.9 Å². The first kappa shape index (κ1) is 14.3. The van der Waals surface area contributed by atoms with Gasteiger partial charge in [-0.1, -0.05) is 12.2 Å². The smallest absolute Gasteiger partial charge is 0.316 e. The molecule has 2 atom stereocenters. The monoisotopic (exact) mass is 234 g/mol. The quantitative estimate of drug-likeness (QED) is 0.656. The highest BCUT2D eigenvalue weighted by Crippen LogP contribution is 2.37. The zero-order valence-corrected chi connectivity index (χ0v) is 8.40. The molecule has 0 heterocycles. The van der Waals surface area contributed by atoms with Crippen molar-refractivity contribution in [2.24, 2.45) is 5.41 Å². The summed E-state index contributed by atoms with van der Waals surface area (Å²) in [5, 5.41) is 17.4. The number of hydrogen-bond donors (Lipinski definition) is 2. The standard InChI is InChI=1S/C10H12F2O4/c1-3-6(11)10(9(15)16,5-8(13)14)7(12)4-2/h3-4,6-7H,1-2,5H2,(H,13,14)(H,15,16). The first-order valence-corrected chi connectivity index (χ1v) is 4.31. The molecule has 6 heteroatoms. The fourth-order valence-corrected chi connectivity index (χ4v) is 1.33. The van der Waals surface area contributed by atoms with E-state index >= 15 is 0 Å². The van der Waals surface area contributed by atoms with Crippen LogP contribution in [0, 0.1) is 5.41 Å². The van der Waals surface area contributed by atoms with E-state index in [2.05, 4.69) is 13.2 Å². The molecule has 0 amide bonds. The summed E-state index contributed by atoms with van der Waals surface area (Å²) < 4.78 is 26.9. The highest BCUT2D eigenvalue weighted by atomic mass is 19.1. The SMILES string of the molecule is C=CC(F)C(CC(=O)O)(C(=O)O)C(F)C=C. The molecule has 2 unspecified atom stereocenters. The first-order chi connectivity index (χ1) is 7.32. The van der Waals surface area contributed by atoms with Gasteiger partial charge in [-0.3, -0.25) is 9.59 Å². The van der Waals surface area contributed by atoms with E-state index in [0.717, 1.165) is 0 Å². The van der Waals surface area contributed by atoms with Crippen molar-refractivity contribution in [2.45, 2.75) is 18.8 Å². The number of allylic oxidation sites excluding steroid dienone is 2. The molecule has 0 saturated carbocycles. The lowest BCUT2D eigenvalue weighted by molar-refractivity contribution is -0.163. The molecule has 0 rings (SSSR count). The Morgan fingerprint density at radius 2 is 1.56 bits per heavy atom. The zero-order chi connectivity index (χ0) is 12.9. The lowest BCUT2D eigenvalue weighted by Gasteiger charge is -2.31. The van der Waals surface area contributed by atoms with Crippen molar-refractivity contribution in [2.75, 3.05) is 0 Å². The highest BCUT2D eigenvalue weighted by molar-refractivity contribution is 5.83. The van der Waals surface area contributed by atoms with E-state index in [1.165, 1.54) is 0 Å². The van der Waals surface area contributed by atoms with E-state index in [1.807, 2.05) is 0 Å². The number of carboxylic acid groups (broad SMARTS) is 2. The van der Waals surface area contributed by atoms with Crippen LogP contribution in [0.2, 0.25) is 0 Å².